The van der Waals surface area contributed by atoms with E-state index in [0.29, 0.717) is 23.8 Å². The van der Waals surface area contributed by atoms with Gasteiger partial charge in [-0.05, 0) is 49.5 Å². The molecule has 1 atom stereocenters. The van der Waals surface area contributed by atoms with Crippen LogP contribution in [0.4, 0.5) is 4.39 Å². The maximum Gasteiger partial charge on any atom is 0.231 e. The minimum atomic E-state index is -0.221. The molecule has 0 bridgehead atoms. The number of benzene rings is 2. The standard InChI is InChI=1S/C19H23FN2O3/c1-22(2)16(14-4-6-15(20)7-5-14)11-21-10-13-8-17(23-3)19-18(9-13)24-12-25-19/h4-9,16,21H,10-12H2,1-3H3. The first-order chi connectivity index (χ1) is 12.1. The quantitative estimate of drug-likeness (QED) is 0.835. The summed E-state index contributed by atoms with van der Waals surface area (Å²) in [6, 6.07) is 10.7. The van der Waals surface area contributed by atoms with Crippen molar-refractivity contribution in [3.63, 3.8) is 0 Å². The van der Waals surface area contributed by atoms with Gasteiger partial charge in [0, 0.05) is 19.1 Å². The minimum Gasteiger partial charge on any atom is -0.493 e. The molecule has 2 aromatic carbocycles. The van der Waals surface area contributed by atoms with Gasteiger partial charge in [-0.25, -0.2) is 4.39 Å². The lowest BCUT2D eigenvalue weighted by Crippen LogP contribution is -2.30. The van der Waals surface area contributed by atoms with Gasteiger partial charge in [-0.2, -0.15) is 0 Å². The average Bonchev–Trinajstić information content (AvgIpc) is 3.07. The van der Waals surface area contributed by atoms with E-state index in [1.165, 1.54) is 12.1 Å². The summed E-state index contributed by atoms with van der Waals surface area (Å²) in [6.07, 6.45) is 0. The van der Waals surface area contributed by atoms with E-state index in [-0.39, 0.29) is 18.7 Å². The summed E-state index contributed by atoms with van der Waals surface area (Å²) in [5, 5.41) is 3.45. The number of fused-ring (bicyclic) bond motifs is 1. The second-order valence-corrected chi connectivity index (χ2v) is 6.19. The highest BCUT2D eigenvalue weighted by molar-refractivity contribution is 5.55. The van der Waals surface area contributed by atoms with Gasteiger partial charge in [0.1, 0.15) is 5.82 Å². The van der Waals surface area contributed by atoms with E-state index in [2.05, 4.69) is 10.2 Å². The number of halogens is 1. The third-order valence-corrected chi connectivity index (χ3v) is 4.26. The van der Waals surface area contributed by atoms with Crippen molar-refractivity contribution in [1.29, 1.82) is 0 Å². The van der Waals surface area contributed by atoms with Gasteiger partial charge in [-0.3, -0.25) is 0 Å². The number of nitrogens with zero attached hydrogens (tertiary/aromatic N) is 1. The Morgan fingerprint density at radius 2 is 1.96 bits per heavy atom. The second-order valence-electron chi connectivity index (χ2n) is 6.19. The Morgan fingerprint density at radius 1 is 1.20 bits per heavy atom. The molecule has 6 heteroatoms. The molecule has 1 N–H and O–H groups in total. The molecule has 2 aromatic rings. The van der Waals surface area contributed by atoms with E-state index >= 15 is 0 Å². The van der Waals surface area contributed by atoms with E-state index in [1.54, 1.807) is 7.11 Å². The van der Waals surface area contributed by atoms with Crippen molar-refractivity contribution in [2.75, 3.05) is 34.5 Å². The number of rotatable bonds is 7. The molecule has 0 saturated heterocycles. The number of likely N-dealkylation sites (N-methyl/N-ethyl adjacent to an activating group) is 1. The summed E-state index contributed by atoms with van der Waals surface area (Å²) in [7, 11) is 5.64. The van der Waals surface area contributed by atoms with Crippen LogP contribution in [-0.4, -0.2) is 39.4 Å². The second kappa shape index (κ2) is 7.72. The molecule has 1 unspecified atom stereocenters. The van der Waals surface area contributed by atoms with Crippen LogP contribution in [0.1, 0.15) is 17.2 Å². The first-order valence-electron chi connectivity index (χ1n) is 8.17. The van der Waals surface area contributed by atoms with Gasteiger partial charge >= 0.3 is 0 Å². The lowest BCUT2D eigenvalue weighted by Gasteiger charge is -2.25. The molecule has 0 fully saturated rings. The van der Waals surface area contributed by atoms with Gasteiger partial charge in [0.25, 0.3) is 0 Å². The number of hydrogen-bond donors (Lipinski definition) is 1. The first-order valence-corrected chi connectivity index (χ1v) is 8.17. The van der Waals surface area contributed by atoms with E-state index in [9.17, 15) is 4.39 Å². The Labute approximate surface area is 147 Å². The van der Waals surface area contributed by atoms with Crippen LogP contribution >= 0.6 is 0 Å². The molecule has 0 saturated carbocycles. The Hall–Kier alpha value is -2.31. The lowest BCUT2D eigenvalue weighted by atomic mass is 10.1. The monoisotopic (exact) mass is 346 g/mol. The fourth-order valence-corrected chi connectivity index (χ4v) is 2.92. The topological polar surface area (TPSA) is 43.0 Å². The zero-order valence-corrected chi connectivity index (χ0v) is 14.7. The maximum atomic E-state index is 13.1. The van der Waals surface area contributed by atoms with Crippen molar-refractivity contribution < 1.29 is 18.6 Å². The molecule has 25 heavy (non-hydrogen) atoms. The molecular weight excluding hydrogens is 323 g/mol. The maximum absolute atomic E-state index is 13.1. The molecule has 0 radical (unpaired) electrons. The van der Waals surface area contributed by atoms with Crippen molar-refractivity contribution in [2.24, 2.45) is 0 Å². The van der Waals surface area contributed by atoms with Gasteiger partial charge in [-0.1, -0.05) is 12.1 Å². The van der Waals surface area contributed by atoms with Crippen LogP contribution in [-0.2, 0) is 6.54 Å². The summed E-state index contributed by atoms with van der Waals surface area (Å²) in [4.78, 5) is 2.11. The van der Waals surface area contributed by atoms with Gasteiger partial charge < -0.3 is 24.4 Å². The third kappa shape index (κ3) is 4.03. The first kappa shape index (κ1) is 17.5. The summed E-state index contributed by atoms with van der Waals surface area (Å²) >= 11 is 0. The number of ether oxygens (including phenoxy) is 3. The van der Waals surface area contributed by atoms with Crippen molar-refractivity contribution in [2.45, 2.75) is 12.6 Å². The molecule has 1 aliphatic rings. The average molecular weight is 346 g/mol. The van der Waals surface area contributed by atoms with E-state index in [1.807, 2.05) is 38.4 Å². The zero-order chi connectivity index (χ0) is 17.8. The van der Waals surface area contributed by atoms with Crippen LogP contribution < -0.4 is 19.5 Å². The van der Waals surface area contributed by atoms with Crippen LogP contribution in [0, 0.1) is 5.82 Å². The van der Waals surface area contributed by atoms with Gasteiger partial charge in [0.05, 0.1) is 7.11 Å². The SMILES string of the molecule is COc1cc(CNCC(c2ccc(F)cc2)N(C)C)cc2c1OCO2. The smallest absolute Gasteiger partial charge is 0.231 e. The lowest BCUT2D eigenvalue weighted by molar-refractivity contribution is 0.171. The fourth-order valence-electron chi connectivity index (χ4n) is 2.92. The fraction of sp³-hybridized carbons (Fsp3) is 0.368. The predicted molar refractivity (Wildman–Crippen MR) is 93.7 cm³/mol. The van der Waals surface area contributed by atoms with Crippen molar-refractivity contribution in [3.8, 4) is 17.2 Å². The summed E-state index contributed by atoms with van der Waals surface area (Å²) in [5.41, 5.74) is 2.12. The molecular formula is C19H23FN2O3. The number of hydrogen-bond acceptors (Lipinski definition) is 5. The molecule has 0 amide bonds. The van der Waals surface area contributed by atoms with Gasteiger partial charge in [-0.15, -0.1) is 0 Å². The predicted octanol–water partition coefficient (Wildman–Crippen LogP) is 2.96. The largest absolute Gasteiger partial charge is 0.493 e. The van der Waals surface area contributed by atoms with Crippen LogP contribution in [0.2, 0.25) is 0 Å². The van der Waals surface area contributed by atoms with E-state index in [4.69, 9.17) is 14.2 Å². The number of methoxy groups -OCH3 is 1. The molecule has 0 aromatic heterocycles. The Balaban J connectivity index is 1.66. The normalized spacial score (nSPS) is 14.0. The van der Waals surface area contributed by atoms with Crippen LogP contribution in [0.5, 0.6) is 17.2 Å². The Bertz CT molecular complexity index is 719. The highest BCUT2D eigenvalue weighted by Gasteiger charge is 2.20. The van der Waals surface area contributed by atoms with Crippen LogP contribution in [0.3, 0.4) is 0 Å². The minimum absolute atomic E-state index is 0.150. The van der Waals surface area contributed by atoms with E-state index < -0.39 is 0 Å². The van der Waals surface area contributed by atoms with E-state index in [0.717, 1.165) is 17.7 Å². The molecule has 1 heterocycles. The van der Waals surface area contributed by atoms with Crippen molar-refractivity contribution >= 4 is 0 Å². The highest BCUT2D eigenvalue weighted by Crippen LogP contribution is 2.41. The summed E-state index contributed by atoms with van der Waals surface area (Å²) < 4.78 is 29.4. The Kier molecular flexibility index (Phi) is 5.40. The third-order valence-electron chi connectivity index (χ3n) is 4.26. The molecule has 0 aliphatic carbocycles. The van der Waals surface area contributed by atoms with Gasteiger partial charge in [0.2, 0.25) is 12.5 Å². The number of nitrogens with one attached hydrogen (secondary N) is 1. The molecule has 3 rings (SSSR count). The van der Waals surface area contributed by atoms with Crippen LogP contribution in [0.15, 0.2) is 36.4 Å². The molecule has 0 spiro atoms. The van der Waals surface area contributed by atoms with Crippen molar-refractivity contribution in [3.05, 3.63) is 53.3 Å². The molecule has 5 nitrogen and oxygen atoms in total. The Morgan fingerprint density at radius 3 is 2.64 bits per heavy atom. The van der Waals surface area contributed by atoms with Crippen molar-refractivity contribution in [1.82, 2.24) is 10.2 Å². The summed E-state index contributed by atoms with van der Waals surface area (Å²) in [6.45, 7) is 1.61. The highest BCUT2D eigenvalue weighted by atomic mass is 19.1. The van der Waals surface area contributed by atoms with Crippen LogP contribution in [0.25, 0.3) is 0 Å². The summed E-state index contributed by atoms with van der Waals surface area (Å²) in [5.74, 6) is 1.82. The zero-order valence-electron chi connectivity index (χ0n) is 14.7. The molecule has 1 aliphatic heterocycles. The van der Waals surface area contributed by atoms with Gasteiger partial charge in [0.15, 0.2) is 11.5 Å². The molecule has 134 valence electrons.